The van der Waals surface area contributed by atoms with E-state index in [-0.39, 0.29) is 6.03 Å². The highest BCUT2D eigenvalue weighted by Gasteiger charge is 2.18. The number of piperidine rings is 1. The van der Waals surface area contributed by atoms with Crippen molar-refractivity contribution >= 4 is 11.7 Å². The lowest BCUT2D eigenvalue weighted by atomic mass is 10.1. The van der Waals surface area contributed by atoms with Gasteiger partial charge in [0.05, 0.1) is 0 Å². The second-order valence-electron chi connectivity index (χ2n) is 5.49. The minimum absolute atomic E-state index is 0.0942. The number of urea groups is 1. The minimum atomic E-state index is -0.0942. The van der Waals surface area contributed by atoms with Gasteiger partial charge >= 0.3 is 6.03 Å². The van der Waals surface area contributed by atoms with Crippen LogP contribution in [0.2, 0.25) is 0 Å². The number of likely N-dealkylation sites (tertiary alicyclic amines) is 1. The zero-order valence-corrected chi connectivity index (χ0v) is 12.0. The molecule has 0 unspecified atom stereocenters. The number of hydrogen-bond acceptors (Lipinski definition) is 2. The van der Waals surface area contributed by atoms with Gasteiger partial charge in [-0.05, 0) is 64.0 Å². The zero-order chi connectivity index (χ0) is 13.8. The van der Waals surface area contributed by atoms with Gasteiger partial charge < -0.3 is 15.5 Å². The number of carbonyl (C=O) groups excluding carboxylic acids is 1. The summed E-state index contributed by atoms with van der Waals surface area (Å²) >= 11 is 0. The number of nitrogens with zero attached hydrogens (tertiary/aromatic N) is 1. The first-order chi connectivity index (χ1) is 9.04. The van der Waals surface area contributed by atoms with Crippen molar-refractivity contribution in [2.24, 2.45) is 0 Å². The Bertz CT molecular complexity index is 451. The molecule has 2 amide bonds. The SMILES string of the molecule is Cc1ccc(C)c(NC(=O)NC2CCN(C)CC2)c1. The number of nitrogens with one attached hydrogen (secondary N) is 2. The lowest BCUT2D eigenvalue weighted by Gasteiger charge is -2.29. The second kappa shape index (κ2) is 6.06. The molecular formula is C15H23N3O. The molecule has 19 heavy (non-hydrogen) atoms. The summed E-state index contributed by atoms with van der Waals surface area (Å²) in [6.45, 7) is 6.13. The van der Waals surface area contributed by atoms with Crippen molar-refractivity contribution in [2.45, 2.75) is 32.7 Å². The molecule has 4 heteroatoms. The summed E-state index contributed by atoms with van der Waals surface area (Å²) in [7, 11) is 2.12. The highest BCUT2D eigenvalue weighted by atomic mass is 16.2. The Labute approximate surface area is 115 Å². The van der Waals surface area contributed by atoms with E-state index in [0.29, 0.717) is 6.04 Å². The third-order valence-electron chi connectivity index (χ3n) is 3.70. The van der Waals surface area contributed by atoms with Gasteiger partial charge in [-0.3, -0.25) is 0 Å². The molecule has 0 aliphatic carbocycles. The van der Waals surface area contributed by atoms with Crippen LogP contribution in [-0.4, -0.2) is 37.1 Å². The molecular weight excluding hydrogens is 238 g/mol. The molecule has 0 aromatic heterocycles. The van der Waals surface area contributed by atoms with Crippen LogP contribution in [0.3, 0.4) is 0 Å². The van der Waals surface area contributed by atoms with Crippen LogP contribution in [-0.2, 0) is 0 Å². The van der Waals surface area contributed by atoms with Gasteiger partial charge in [-0.25, -0.2) is 4.79 Å². The van der Waals surface area contributed by atoms with E-state index in [1.165, 1.54) is 0 Å². The molecule has 1 aromatic rings. The van der Waals surface area contributed by atoms with E-state index >= 15 is 0 Å². The number of amides is 2. The van der Waals surface area contributed by atoms with Crippen molar-refractivity contribution in [3.8, 4) is 0 Å². The van der Waals surface area contributed by atoms with Crippen LogP contribution in [0.15, 0.2) is 18.2 Å². The Morgan fingerprint density at radius 2 is 1.95 bits per heavy atom. The van der Waals surface area contributed by atoms with E-state index < -0.39 is 0 Å². The average molecular weight is 261 g/mol. The van der Waals surface area contributed by atoms with Crippen molar-refractivity contribution in [2.75, 3.05) is 25.5 Å². The maximum Gasteiger partial charge on any atom is 0.319 e. The van der Waals surface area contributed by atoms with Gasteiger partial charge in [0.1, 0.15) is 0 Å². The van der Waals surface area contributed by atoms with Gasteiger partial charge in [-0.2, -0.15) is 0 Å². The Morgan fingerprint density at radius 1 is 1.26 bits per heavy atom. The summed E-state index contributed by atoms with van der Waals surface area (Å²) in [5.41, 5.74) is 3.13. The van der Waals surface area contributed by atoms with E-state index in [1.807, 2.05) is 26.0 Å². The summed E-state index contributed by atoms with van der Waals surface area (Å²) in [6.07, 6.45) is 2.05. The number of aryl methyl sites for hydroxylation is 2. The average Bonchev–Trinajstić information content (AvgIpc) is 2.37. The number of hydrogen-bond donors (Lipinski definition) is 2. The monoisotopic (exact) mass is 261 g/mol. The van der Waals surface area contributed by atoms with Gasteiger partial charge in [0.15, 0.2) is 0 Å². The molecule has 1 aliphatic rings. The van der Waals surface area contributed by atoms with Crippen LogP contribution < -0.4 is 10.6 Å². The fraction of sp³-hybridized carbons (Fsp3) is 0.533. The van der Waals surface area contributed by atoms with Gasteiger partial charge in [-0.15, -0.1) is 0 Å². The summed E-state index contributed by atoms with van der Waals surface area (Å²) in [4.78, 5) is 14.3. The molecule has 2 N–H and O–H groups in total. The molecule has 2 rings (SSSR count). The van der Waals surface area contributed by atoms with Gasteiger partial charge in [0.2, 0.25) is 0 Å². The Kier molecular flexibility index (Phi) is 4.43. The van der Waals surface area contributed by atoms with E-state index in [9.17, 15) is 4.79 Å². The van der Waals surface area contributed by atoms with Crippen LogP contribution in [0.4, 0.5) is 10.5 Å². The van der Waals surface area contributed by atoms with Crippen molar-refractivity contribution in [3.63, 3.8) is 0 Å². The molecule has 1 saturated heterocycles. The first-order valence-electron chi connectivity index (χ1n) is 6.88. The van der Waals surface area contributed by atoms with Crippen LogP contribution >= 0.6 is 0 Å². The van der Waals surface area contributed by atoms with E-state index in [4.69, 9.17) is 0 Å². The van der Waals surface area contributed by atoms with Crippen LogP contribution in [0.5, 0.6) is 0 Å². The second-order valence-corrected chi connectivity index (χ2v) is 5.49. The first-order valence-corrected chi connectivity index (χ1v) is 6.88. The van der Waals surface area contributed by atoms with Crippen molar-refractivity contribution in [1.29, 1.82) is 0 Å². The predicted octanol–water partition coefficient (Wildman–Crippen LogP) is 2.52. The molecule has 1 fully saturated rings. The maximum absolute atomic E-state index is 12.0. The molecule has 0 saturated carbocycles. The fourth-order valence-corrected chi connectivity index (χ4v) is 2.37. The van der Waals surface area contributed by atoms with Crippen molar-refractivity contribution < 1.29 is 4.79 Å². The summed E-state index contributed by atoms with van der Waals surface area (Å²) < 4.78 is 0. The normalized spacial score (nSPS) is 17.2. The summed E-state index contributed by atoms with van der Waals surface area (Å²) in [5, 5.41) is 6.00. The van der Waals surface area contributed by atoms with Crippen LogP contribution in [0.1, 0.15) is 24.0 Å². The van der Waals surface area contributed by atoms with E-state index in [1.54, 1.807) is 0 Å². The third-order valence-corrected chi connectivity index (χ3v) is 3.70. The lowest BCUT2D eigenvalue weighted by Crippen LogP contribution is -2.44. The highest BCUT2D eigenvalue weighted by molar-refractivity contribution is 5.90. The summed E-state index contributed by atoms with van der Waals surface area (Å²) in [6, 6.07) is 6.28. The molecule has 0 spiro atoms. The van der Waals surface area contributed by atoms with Gasteiger partial charge in [-0.1, -0.05) is 12.1 Å². The van der Waals surface area contributed by atoms with Crippen molar-refractivity contribution in [1.82, 2.24) is 10.2 Å². The molecule has 1 aromatic carbocycles. The topological polar surface area (TPSA) is 44.4 Å². The Morgan fingerprint density at radius 3 is 2.63 bits per heavy atom. The van der Waals surface area contributed by atoms with E-state index in [0.717, 1.165) is 42.7 Å². The quantitative estimate of drug-likeness (QED) is 0.859. The smallest absolute Gasteiger partial charge is 0.319 e. The number of rotatable bonds is 2. The maximum atomic E-state index is 12.0. The Hall–Kier alpha value is -1.55. The van der Waals surface area contributed by atoms with Crippen LogP contribution in [0, 0.1) is 13.8 Å². The standard InChI is InChI=1S/C15H23N3O/c1-11-4-5-12(2)14(10-11)17-15(19)16-13-6-8-18(3)9-7-13/h4-5,10,13H,6-9H2,1-3H3,(H2,16,17,19). The fourth-order valence-electron chi connectivity index (χ4n) is 2.37. The molecule has 104 valence electrons. The third kappa shape index (κ3) is 3.96. The highest BCUT2D eigenvalue weighted by Crippen LogP contribution is 2.16. The number of carbonyl (C=O) groups is 1. The first kappa shape index (κ1) is 13.9. The lowest BCUT2D eigenvalue weighted by molar-refractivity contribution is 0.221. The number of benzene rings is 1. The Balaban J connectivity index is 1.89. The zero-order valence-electron chi connectivity index (χ0n) is 12.0. The number of anilines is 1. The molecule has 1 heterocycles. The molecule has 1 aliphatic heterocycles. The molecule has 0 atom stereocenters. The summed E-state index contributed by atoms with van der Waals surface area (Å²) in [5.74, 6) is 0. The van der Waals surface area contributed by atoms with Crippen LogP contribution in [0.25, 0.3) is 0 Å². The largest absolute Gasteiger partial charge is 0.335 e. The minimum Gasteiger partial charge on any atom is -0.335 e. The predicted molar refractivity (Wildman–Crippen MR) is 78.6 cm³/mol. The van der Waals surface area contributed by atoms with Gasteiger partial charge in [0.25, 0.3) is 0 Å². The molecule has 0 bridgehead atoms. The molecule has 0 radical (unpaired) electrons. The van der Waals surface area contributed by atoms with Crippen molar-refractivity contribution in [3.05, 3.63) is 29.3 Å². The van der Waals surface area contributed by atoms with Gasteiger partial charge in [0, 0.05) is 11.7 Å². The van der Waals surface area contributed by atoms with E-state index in [2.05, 4.69) is 28.6 Å². The molecule has 4 nitrogen and oxygen atoms in total.